The van der Waals surface area contributed by atoms with Gasteiger partial charge >= 0.3 is 0 Å². The number of pyridine rings is 1. The van der Waals surface area contributed by atoms with Crippen molar-refractivity contribution in [1.82, 2.24) is 19.6 Å². The maximum atomic E-state index is 13.2. The number of rotatable bonds is 7. The molecule has 0 spiro atoms. The molecule has 1 fully saturated rings. The van der Waals surface area contributed by atoms with E-state index in [0.717, 1.165) is 70.4 Å². The van der Waals surface area contributed by atoms with Crippen LogP contribution in [0.4, 0.5) is 5.82 Å². The maximum absolute atomic E-state index is 13.2. The third-order valence-corrected chi connectivity index (χ3v) is 7.53. The summed E-state index contributed by atoms with van der Waals surface area (Å²) in [5.41, 5.74) is 4.88. The Labute approximate surface area is 220 Å². The van der Waals surface area contributed by atoms with Gasteiger partial charge in [-0.1, -0.05) is 42.8 Å². The molecule has 3 aromatic heterocycles. The normalized spacial score (nSPS) is 18.7. The fourth-order valence-electron chi connectivity index (χ4n) is 5.04. The van der Waals surface area contributed by atoms with E-state index in [1.165, 1.54) is 0 Å². The molecule has 0 radical (unpaired) electrons. The summed E-state index contributed by atoms with van der Waals surface area (Å²) in [5.74, 6) is 1.57. The van der Waals surface area contributed by atoms with E-state index in [4.69, 9.17) is 4.98 Å². The summed E-state index contributed by atoms with van der Waals surface area (Å²) >= 11 is 3.61. The van der Waals surface area contributed by atoms with Crippen LogP contribution >= 0.6 is 15.9 Å². The van der Waals surface area contributed by atoms with Gasteiger partial charge in [-0.2, -0.15) is 9.61 Å². The first kappa shape index (κ1) is 24.4. The highest BCUT2D eigenvalue weighted by atomic mass is 79.9. The Morgan fingerprint density at radius 3 is 2.78 bits per heavy atom. The number of allylic oxidation sites excluding steroid dienone is 1. The van der Waals surface area contributed by atoms with Crippen molar-refractivity contribution in [2.24, 2.45) is 5.92 Å². The Bertz CT molecular complexity index is 1370. The molecule has 4 aromatic rings. The first-order chi connectivity index (χ1) is 17.6. The van der Waals surface area contributed by atoms with E-state index < -0.39 is 0 Å². The van der Waals surface area contributed by atoms with E-state index in [9.17, 15) is 4.79 Å². The molecule has 6 nitrogen and oxygen atoms in total. The van der Waals surface area contributed by atoms with Gasteiger partial charge in [0.25, 0.3) is 0 Å². The van der Waals surface area contributed by atoms with Gasteiger partial charge in [0, 0.05) is 42.5 Å². The second-order valence-electron chi connectivity index (χ2n) is 9.51. The van der Waals surface area contributed by atoms with Crippen LogP contribution in [0.5, 0.6) is 0 Å². The topological polar surface area (TPSA) is 72.2 Å². The minimum atomic E-state index is 0.0728. The highest BCUT2D eigenvalue weighted by Crippen LogP contribution is 2.36. The largest absolute Gasteiger partial charge is 0.366 e. The molecule has 1 saturated carbocycles. The van der Waals surface area contributed by atoms with E-state index in [0.29, 0.717) is 12.5 Å². The van der Waals surface area contributed by atoms with E-state index >= 15 is 0 Å². The molecule has 36 heavy (non-hydrogen) atoms. The standard InChI is InChI=1S/C29H30BrN5O/c1-20(15-21-7-3-2-4-8-21)28(36)24-11-5-10-23(12-13-24)26-16-27(32-18-22-9-6-14-31-17-22)35-29(34-26)25(30)19-33-35/h2-4,6-9,14-17,19,23-24,32H,5,10-13,18H2,1H3/b20-15+. The van der Waals surface area contributed by atoms with Gasteiger partial charge in [0.1, 0.15) is 5.82 Å². The van der Waals surface area contributed by atoms with Gasteiger partial charge in [0.2, 0.25) is 0 Å². The van der Waals surface area contributed by atoms with Crippen LogP contribution in [0.2, 0.25) is 0 Å². The lowest BCUT2D eigenvalue weighted by molar-refractivity contribution is -0.119. The van der Waals surface area contributed by atoms with Crippen molar-refractivity contribution in [2.45, 2.75) is 51.5 Å². The van der Waals surface area contributed by atoms with Gasteiger partial charge in [0.15, 0.2) is 11.4 Å². The summed E-state index contributed by atoms with van der Waals surface area (Å²) in [6.45, 7) is 2.60. The lowest BCUT2D eigenvalue weighted by Crippen LogP contribution is -2.15. The van der Waals surface area contributed by atoms with Gasteiger partial charge in [-0.15, -0.1) is 0 Å². The highest BCUT2D eigenvalue weighted by molar-refractivity contribution is 9.10. The number of anilines is 1. The zero-order chi connectivity index (χ0) is 24.9. The van der Waals surface area contributed by atoms with Crippen LogP contribution < -0.4 is 5.32 Å². The van der Waals surface area contributed by atoms with Crippen LogP contribution in [0.25, 0.3) is 11.7 Å². The van der Waals surface area contributed by atoms with Gasteiger partial charge < -0.3 is 5.32 Å². The summed E-state index contributed by atoms with van der Waals surface area (Å²) in [4.78, 5) is 22.4. The molecule has 7 heteroatoms. The van der Waals surface area contributed by atoms with E-state index in [1.807, 2.05) is 60.1 Å². The number of carbonyl (C=O) groups excluding carboxylic acids is 1. The first-order valence-electron chi connectivity index (χ1n) is 12.5. The van der Waals surface area contributed by atoms with Gasteiger partial charge in [0.05, 0.1) is 10.7 Å². The number of ketones is 1. The monoisotopic (exact) mass is 543 g/mol. The summed E-state index contributed by atoms with van der Waals surface area (Å²) in [5, 5.41) is 8.02. The molecule has 2 unspecified atom stereocenters. The predicted octanol–water partition coefficient (Wildman–Crippen LogP) is 6.84. The van der Waals surface area contributed by atoms with Crippen molar-refractivity contribution in [3.05, 3.63) is 94.0 Å². The Morgan fingerprint density at radius 2 is 1.97 bits per heavy atom. The van der Waals surface area contributed by atoms with Crippen LogP contribution in [0.15, 0.2) is 77.2 Å². The van der Waals surface area contributed by atoms with Crippen molar-refractivity contribution in [2.75, 3.05) is 5.32 Å². The average Bonchev–Trinajstić information content (AvgIpc) is 3.12. The molecular weight excluding hydrogens is 514 g/mol. The summed E-state index contributed by atoms with van der Waals surface area (Å²) < 4.78 is 2.71. The second-order valence-corrected chi connectivity index (χ2v) is 10.4. The maximum Gasteiger partial charge on any atom is 0.171 e. The van der Waals surface area contributed by atoms with Crippen LogP contribution in [0.3, 0.4) is 0 Å². The quantitative estimate of drug-likeness (QED) is 0.204. The highest BCUT2D eigenvalue weighted by Gasteiger charge is 2.27. The molecule has 1 aliphatic carbocycles. The molecule has 184 valence electrons. The SMILES string of the molecule is C/C(=C\c1ccccc1)C(=O)C1CCCC(c2cc(NCc3cccnc3)n3ncc(Br)c3n2)CC1. The number of Topliss-reactive ketones (excluding diaryl/α,β-unsaturated/α-hetero) is 1. The molecule has 2 atom stereocenters. The smallest absolute Gasteiger partial charge is 0.171 e. The lowest BCUT2D eigenvalue weighted by Gasteiger charge is -2.17. The Kier molecular flexibility index (Phi) is 7.56. The molecule has 0 bridgehead atoms. The van der Waals surface area contributed by atoms with Crippen LogP contribution in [0.1, 0.15) is 61.8 Å². The minimum Gasteiger partial charge on any atom is -0.366 e. The number of aromatic nitrogens is 4. The third-order valence-electron chi connectivity index (χ3n) is 6.97. The predicted molar refractivity (Wildman–Crippen MR) is 147 cm³/mol. The molecular formula is C29H30BrN5O. The van der Waals surface area contributed by atoms with Crippen LogP contribution in [0, 0.1) is 5.92 Å². The van der Waals surface area contributed by atoms with E-state index in [-0.39, 0.29) is 11.7 Å². The number of hydrogen-bond donors (Lipinski definition) is 1. The third kappa shape index (κ3) is 5.57. The summed E-state index contributed by atoms with van der Waals surface area (Å²) in [6, 6.07) is 16.2. The average molecular weight is 544 g/mol. The Hall–Kier alpha value is -3.32. The molecule has 0 aliphatic heterocycles. The molecule has 1 aliphatic rings. The summed E-state index contributed by atoms with van der Waals surface area (Å²) in [7, 11) is 0. The molecule has 5 rings (SSSR count). The van der Waals surface area contributed by atoms with Crippen LogP contribution in [-0.2, 0) is 11.3 Å². The zero-order valence-electron chi connectivity index (χ0n) is 20.4. The zero-order valence-corrected chi connectivity index (χ0v) is 22.0. The van der Waals surface area contributed by atoms with Gasteiger partial charge in [-0.3, -0.25) is 9.78 Å². The van der Waals surface area contributed by atoms with E-state index in [2.05, 4.69) is 43.5 Å². The lowest BCUT2D eigenvalue weighted by atomic mass is 9.90. The Balaban J connectivity index is 1.33. The Morgan fingerprint density at radius 1 is 1.11 bits per heavy atom. The minimum absolute atomic E-state index is 0.0728. The van der Waals surface area contributed by atoms with Crippen LogP contribution in [-0.4, -0.2) is 25.4 Å². The number of nitrogens with one attached hydrogen (secondary N) is 1. The number of nitrogens with zero attached hydrogens (tertiary/aromatic N) is 4. The van der Waals surface area contributed by atoms with Crippen molar-refractivity contribution >= 4 is 39.3 Å². The van der Waals surface area contributed by atoms with Crippen molar-refractivity contribution in [3.63, 3.8) is 0 Å². The fraction of sp³-hybridized carbons (Fsp3) is 0.310. The van der Waals surface area contributed by atoms with Gasteiger partial charge in [-0.05, 0) is 77.4 Å². The number of fused-ring (bicyclic) bond motifs is 1. The number of halogens is 1. The van der Waals surface area contributed by atoms with E-state index in [1.54, 1.807) is 12.4 Å². The number of hydrogen-bond acceptors (Lipinski definition) is 5. The summed E-state index contributed by atoms with van der Waals surface area (Å²) in [6.07, 6.45) is 12.2. The molecule has 0 saturated heterocycles. The molecule has 1 aromatic carbocycles. The number of benzene rings is 1. The molecule has 3 heterocycles. The number of carbonyl (C=O) groups is 1. The van der Waals surface area contributed by atoms with Crippen molar-refractivity contribution < 1.29 is 4.79 Å². The molecule has 1 N–H and O–H groups in total. The van der Waals surface area contributed by atoms with Crippen molar-refractivity contribution in [1.29, 1.82) is 0 Å². The van der Waals surface area contributed by atoms with Gasteiger partial charge in [-0.25, -0.2) is 4.98 Å². The first-order valence-corrected chi connectivity index (χ1v) is 13.3. The van der Waals surface area contributed by atoms with Crippen molar-refractivity contribution in [3.8, 4) is 0 Å². The molecule has 0 amide bonds. The second kappa shape index (κ2) is 11.2. The fourth-order valence-corrected chi connectivity index (χ4v) is 5.39.